The predicted molar refractivity (Wildman–Crippen MR) is 63.5 cm³/mol. The van der Waals surface area contributed by atoms with E-state index in [4.69, 9.17) is 28.9 Å². The highest BCUT2D eigenvalue weighted by Gasteiger charge is 2.09. The van der Waals surface area contributed by atoms with Gasteiger partial charge >= 0.3 is 0 Å². The minimum absolute atomic E-state index is 0.384. The van der Waals surface area contributed by atoms with Gasteiger partial charge in [-0.15, -0.1) is 5.10 Å². The highest BCUT2D eigenvalue weighted by Crippen LogP contribution is 2.25. The molecule has 1 aromatic carbocycles. The summed E-state index contributed by atoms with van der Waals surface area (Å²) in [7, 11) is 0. The van der Waals surface area contributed by atoms with E-state index >= 15 is 0 Å². The molecule has 2 aromatic rings. The molecule has 84 valence electrons. The average Bonchev–Trinajstić information content (AvgIpc) is 2.71. The summed E-state index contributed by atoms with van der Waals surface area (Å²) in [6.45, 7) is 0.861. The average molecular weight is 257 g/mol. The summed E-state index contributed by atoms with van der Waals surface area (Å²) >= 11 is 12.1. The maximum atomic E-state index is 6.06. The lowest BCUT2D eigenvalue weighted by Gasteiger charge is -2.08. The van der Waals surface area contributed by atoms with Crippen LogP contribution in [-0.2, 0) is 13.1 Å². The van der Waals surface area contributed by atoms with Crippen molar-refractivity contribution < 1.29 is 0 Å². The monoisotopic (exact) mass is 256 g/mol. The minimum atomic E-state index is 0.384. The lowest BCUT2D eigenvalue weighted by atomic mass is 10.2. The molecule has 0 saturated heterocycles. The van der Waals surface area contributed by atoms with E-state index in [0.29, 0.717) is 23.1 Å². The molecule has 2 rings (SSSR count). The summed E-state index contributed by atoms with van der Waals surface area (Å²) in [5.41, 5.74) is 7.23. The predicted octanol–water partition coefficient (Wildman–Crippen LogP) is 2.09. The molecule has 0 amide bonds. The van der Waals surface area contributed by atoms with E-state index in [1.165, 1.54) is 0 Å². The Morgan fingerprint density at radius 3 is 2.56 bits per heavy atom. The Labute approximate surface area is 103 Å². The van der Waals surface area contributed by atoms with E-state index in [0.717, 1.165) is 11.3 Å². The Kier molecular flexibility index (Phi) is 3.43. The first kappa shape index (κ1) is 11.4. The van der Waals surface area contributed by atoms with Crippen LogP contribution in [-0.4, -0.2) is 15.0 Å². The van der Waals surface area contributed by atoms with Crippen molar-refractivity contribution in [3.8, 4) is 0 Å². The fourth-order valence-corrected chi connectivity index (χ4v) is 1.92. The van der Waals surface area contributed by atoms with Crippen LogP contribution in [0.15, 0.2) is 24.4 Å². The SMILES string of the molecule is NCc1cnnn1Cc1c(Cl)cccc1Cl. The Morgan fingerprint density at radius 2 is 1.94 bits per heavy atom. The summed E-state index contributed by atoms with van der Waals surface area (Å²) < 4.78 is 1.69. The molecule has 0 unspecified atom stereocenters. The standard InChI is InChI=1S/C10H10Cl2N4/c11-9-2-1-3-10(12)8(9)6-16-7(4-13)5-14-15-16/h1-3,5H,4,6,13H2. The van der Waals surface area contributed by atoms with Gasteiger partial charge in [0, 0.05) is 22.2 Å². The number of benzene rings is 1. The number of nitrogens with zero attached hydrogens (tertiary/aromatic N) is 3. The highest BCUT2D eigenvalue weighted by molar-refractivity contribution is 6.35. The van der Waals surface area contributed by atoms with Gasteiger partial charge in [-0.3, -0.25) is 0 Å². The van der Waals surface area contributed by atoms with Gasteiger partial charge in [-0.05, 0) is 12.1 Å². The fourth-order valence-electron chi connectivity index (χ4n) is 1.40. The van der Waals surface area contributed by atoms with Crippen molar-refractivity contribution in [2.24, 2.45) is 5.73 Å². The Balaban J connectivity index is 2.34. The second kappa shape index (κ2) is 4.82. The zero-order valence-electron chi connectivity index (χ0n) is 8.40. The van der Waals surface area contributed by atoms with Gasteiger partial charge in [-0.25, -0.2) is 4.68 Å². The van der Waals surface area contributed by atoms with Gasteiger partial charge in [-0.1, -0.05) is 34.5 Å². The lowest BCUT2D eigenvalue weighted by Crippen LogP contribution is -2.10. The molecule has 6 heteroatoms. The van der Waals surface area contributed by atoms with Crippen LogP contribution in [0.25, 0.3) is 0 Å². The van der Waals surface area contributed by atoms with Crippen LogP contribution in [0.5, 0.6) is 0 Å². The Bertz CT molecular complexity index is 475. The van der Waals surface area contributed by atoms with Crippen molar-refractivity contribution in [3.63, 3.8) is 0 Å². The zero-order chi connectivity index (χ0) is 11.5. The quantitative estimate of drug-likeness (QED) is 0.915. The lowest BCUT2D eigenvalue weighted by molar-refractivity contribution is 0.619. The van der Waals surface area contributed by atoms with Crippen LogP contribution in [0.2, 0.25) is 10.0 Å². The molecule has 0 saturated carbocycles. The fraction of sp³-hybridized carbons (Fsp3) is 0.200. The van der Waals surface area contributed by atoms with E-state index < -0.39 is 0 Å². The molecule has 4 nitrogen and oxygen atoms in total. The third-order valence-electron chi connectivity index (χ3n) is 2.28. The molecule has 0 atom stereocenters. The van der Waals surface area contributed by atoms with Gasteiger partial charge in [0.25, 0.3) is 0 Å². The zero-order valence-corrected chi connectivity index (χ0v) is 9.91. The van der Waals surface area contributed by atoms with E-state index in [9.17, 15) is 0 Å². The topological polar surface area (TPSA) is 56.7 Å². The summed E-state index contributed by atoms with van der Waals surface area (Å²) in [6, 6.07) is 5.39. The summed E-state index contributed by atoms with van der Waals surface area (Å²) in [5, 5.41) is 8.96. The molecule has 16 heavy (non-hydrogen) atoms. The second-order valence-electron chi connectivity index (χ2n) is 3.29. The molecule has 2 N–H and O–H groups in total. The molecule has 0 aliphatic rings. The van der Waals surface area contributed by atoms with Crippen molar-refractivity contribution in [2.45, 2.75) is 13.1 Å². The van der Waals surface area contributed by atoms with E-state index in [2.05, 4.69) is 10.3 Å². The van der Waals surface area contributed by atoms with Crippen molar-refractivity contribution in [1.82, 2.24) is 15.0 Å². The number of halogens is 2. The molecular formula is C10H10Cl2N4. The van der Waals surface area contributed by atoms with Gasteiger partial charge in [0.05, 0.1) is 18.4 Å². The summed E-state index contributed by atoms with van der Waals surface area (Å²) in [4.78, 5) is 0. The first-order chi connectivity index (χ1) is 7.72. The minimum Gasteiger partial charge on any atom is -0.325 e. The van der Waals surface area contributed by atoms with Gasteiger partial charge in [0.2, 0.25) is 0 Å². The van der Waals surface area contributed by atoms with Crippen LogP contribution >= 0.6 is 23.2 Å². The molecule has 1 aromatic heterocycles. The van der Waals surface area contributed by atoms with E-state index in [1.54, 1.807) is 29.1 Å². The summed E-state index contributed by atoms with van der Waals surface area (Å²) in [6.07, 6.45) is 1.63. The van der Waals surface area contributed by atoms with Crippen LogP contribution in [0.1, 0.15) is 11.3 Å². The molecule has 0 spiro atoms. The molecule has 0 aliphatic carbocycles. The maximum Gasteiger partial charge on any atom is 0.0738 e. The van der Waals surface area contributed by atoms with Gasteiger partial charge in [0.1, 0.15) is 0 Å². The number of nitrogens with two attached hydrogens (primary N) is 1. The normalized spacial score (nSPS) is 10.7. The van der Waals surface area contributed by atoms with Crippen molar-refractivity contribution in [1.29, 1.82) is 0 Å². The van der Waals surface area contributed by atoms with Crippen LogP contribution in [0.4, 0.5) is 0 Å². The Hall–Kier alpha value is -1.10. The summed E-state index contributed by atoms with van der Waals surface area (Å²) in [5.74, 6) is 0. The molecule has 1 heterocycles. The molecule has 0 aliphatic heterocycles. The van der Waals surface area contributed by atoms with E-state index in [1.807, 2.05) is 0 Å². The smallest absolute Gasteiger partial charge is 0.0738 e. The van der Waals surface area contributed by atoms with Crippen LogP contribution in [0.3, 0.4) is 0 Å². The molecule has 0 radical (unpaired) electrons. The number of hydrogen-bond donors (Lipinski definition) is 1. The van der Waals surface area contributed by atoms with E-state index in [-0.39, 0.29) is 0 Å². The first-order valence-corrected chi connectivity index (χ1v) is 5.48. The maximum absolute atomic E-state index is 6.06. The number of aromatic nitrogens is 3. The van der Waals surface area contributed by atoms with Gasteiger partial charge < -0.3 is 5.73 Å². The number of hydrogen-bond acceptors (Lipinski definition) is 3. The Morgan fingerprint density at radius 1 is 1.25 bits per heavy atom. The van der Waals surface area contributed by atoms with Gasteiger partial charge in [0.15, 0.2) is 0 Å². The number of rotatable bonds is 3. The third-order valence-corrected chi connectivity index (χ3v) is 2.98. The van der Waals surface area contributed by atoms with Crippen LogP contribution in [0, 0.1) is 0 Å². The second-order valence-corrected chi connectivity index (χ2v) is 4.10. The largest absolute Gasteiger partial charge is 0.325 e. The van der Waals surface area contributed by atoms with Crippen molar-refractivity contribution >= 4 is 23.2 Å². The molecular weight excluding hydrogens is 247 g/mol. The third kappa shape index (κ3) is 2.19. The molecule has 0 bridgehead atoms. The first-order valence-electron chi connectivity index (χ1n) is 4.72. The molecule has 0 fully saturated rings. The van der Waals surface area contributed by atoms with Gasteiger partial charge in [-0.2, -0.15) is 0 Å². The van der Waals surface area contributed by atoms with Crippen molar-refractivity contribution in [3.05, 3.63) is 45.7 Å². The highest BCUT2D eigenvalue weighted by atomic mass is 35.5. The van der Waals surface area contributed by atoms with Crippen molar-refractivity contribution in [2.75, 3.05) is 0 Å². The van der Waals surface area contributed by atoms with Crippen LogP contribution < -0.4 is 5.73 Å².